The van der Waals surface area contributed by atoms with Crippen LogP contribution in [-0.4, -0.2) is 61.9 Å². The van der Waals surface area contributed by atoms with Crippen molar-refractivity contribution in [1.29, 1.82) is 0 Å². The van der Waals surface area contributed by atoms with Gasteiger partial charge in [0.1, 0.15) is 11.4 Å². The standard InChI is InChI=1S/C28H44N3O5Si/c1-27(2,3)35-26(34)31(17-14-19-12-15-29-16-13-19)18-23(36-37(7)28(4,5)6)20-8-10-22(32)25-21(20)9-11-24(33)30-25/h8-11,19,23,29,32H,12-18H2,1-7H3,(H,30,33)/t23-/m0/s1. The Hall–Kier alpha value is -2.36. The second-order valence-electron chi connectivity index (χ2n) is 12.1. The fraction of sp³-hybridized carbons (Fsp3) is 0.643. The number of fused-ring (bicyclic) bond motifs is 1. The molecular weight excluding hydrogens is 486 g/mol. The molecule has 0 aliphatic carbocycles. The minimum Gasteiger partial charge on any atom is -0.506 e. The molecule has 3 rings (SSSR count). The van der Waals surface area contributed by atoms with E-state index < -0.39 is 20.7 Å². The number of nitrogens with zero attached hydrogens (tertiary/aromatic N) is 1. The zero-order valence-corrected chi connectivity index (χ0v) is 24.4. The maximum absolute atomic E-state index is 13.4. The van der Waals surface area contributed by atoms with E-state index in [1.54, 1.807) is 17.0 Å². The number of pyridine rings is 1. The summed E-state index contributed by atoms with van der Waals surface area (Å²) in [6, 6.07) is 6.58. The van der Waals surface area contributed by atoms with E-state index >= 15 is 0 Å². The number of carbonyl (C=O) groups is 1. The first-order valence-electron chi connectivity index (χ1n) is 13.3. The van der Waals surface area contributed by atoms with Crippen LogP contribution < -0.4 is 10.9 Å². The molecule has 8 nitrogen and oxygen atoms in total. The molecule has 37 heavy (non-hydrogen) atoms. The van der Waals surface area contributed by atoms with Gasteiger partial charge in [-0.2, -0.15) is 0 Å². The van der Waals surface area contributed by atoms with Crippen LogP contribution in [0, 0.1) is 5.92 Å². The van der Waals surface area contributed by atoms with Crippen molar-refractivity contribution in [3.05, 3.63) is 40.2 Å². The summed E-state index contributed by atoms with van der Waals surface area (Å²) in [7, 11) is -1.30. The zero-order chi connectivity index (χ0) is 27.4. The number of amides is 1. The number of phenols is 1. The highest BCUT2D eigenvalue weighted by Crippen LogP contribution is 2.36. The van der Waals surface area contributed by atoms with E-state index in [1.165, 1.54) is 6.07 Å². The second kappa shape index (κ2) is 12.0. The number of H-pyrrole nitrogens is 1. The summed E-state index contributed by atoms with van der Waals surface area (Å²) >= 11 is 0. The molecular formula is C28H44N3O5Si. The van der Waals surface area contributed by atoms with Crippen molar-refractivity contribution in [2.75, 3.05) is 26.2 Å². The molecule has 2 heterocycles. The van der Waals surface area contributed by atoms with Gasteiger partial charge in [-0.3, -0.25) is 4.79 Å². The molecule has 0 spiro atoms. The summed E-state index contributed by atoms with van der Waals surface area (Å²) in [6.07, 6.45) is 2.30. The summed E-state index contributed by atoms with van der Waals surface area (Å²) in [4.78, 5) is 29.9. The monoisotopic (exact) mass is 530 g/mol. The number of ether oxygens (including phenoxy) is 1. The molecule has 0 saturated carbocycles. The summed E-state index contributed by atoms with van der Waals surface area (Å²) in [5, 5.41) is 14.5. The number of aromatic nitrogens is 1. The van der Waals surface area contributed by atoms with Crippen LogP contribution in [0.1, 0.15) is 72.5 Å². The molecule has 1 atom stereocenters. The largest absolute Gasteiger partial charge is 0.506 e. The smallest absolute Gasteiger partial charge is 0.410 e. The van der Waals surface area contributed by atoms with Crippen molar-refractivity contribution in [1.82, 2.24) is 15.2 Å². The third-order valence-electron chi connectivity index (χ3n) is 6.93. The highest BCUT2D eigenvalue weighted by molar-refractivity contribution is 6.53. The van der Waals surface area contributed by atoms with E-state index in [0.717, 1.165) is 37.9 Å². The maximum Gasteiger partial charge on any atom is 0.410 e. The molecule has 9 heteroatoms. The molecule has 1 aromatic carbocycles. The van der Waals surface area contributed by atoms with Crippen molar-refractivity contribution in [3.8, 4) is 5.75 Å². The zero-order valence-electron chi connectivity index (χ0n) is 23.4. The van der Waals surface area contributed by atoms with Gasteiger partial charge in [0.15, 0.2) is 0 Å². The van der Waals surface area contributed by atoms with Crippen molar-refractivity contribution < 1.29 is 19.1 Å². The number of hydrogen-bond donors (Lipinski definition) is 3. The molecule has 0 bridgehead atoms. The fourth-order valence-corrected chi connectivity index (χ4v) is 5.40. The van der Waals surface area contributed by atoms with E-state index in [9.17, 15) is 14.7 Å². The number of aromatic hydroxyl groups is 1. The Morgan fingerprint density at radius 3 is 2.43 bits per heavy atom. The Morgan fingerprint density at radius 2 is 1.81 bits per heavy atom. The third-order valence-corrected chi connectivity index (χ3v) is 9.68. The molecule has 3 N–H and O–H groups in total. The molecule has 2 aromatic rings. The fourth-order valence-electron chi connectivity index (χ4n) is 4.42. The highest BCUT2D eigenvalue weighted by atomic mass is 28.3. The number of carbonyl (C=O) groups excluding carboxylic acids is 1. The molecule has 1 aliphatic heterocycles. The van der Waals surface area contributed by atoms with Gasteiger partial charge in [0.25, 0.3) is 0 Å². The van der Waals surface area contributed by atoms with Gasteiger partial charge in [-0.1, -0.05) is 26.8 Å². The van der Waals surface area contributed by atoms with Gasteiger partial charge in [-0.05, 0) is 88.3 Å². The molecule has 205 valence electrons. The van der Waals surface area contributed by atoms with Gasteiger partial charge >= 0.3 is 6.09 Å². The molecule has 1 amide bonds. The van der Waals surface area contributed by atoms with Gasteiger partial charge in [-0.15, -0.1) is 0 Å². The third kappa shape index (κ3) is 8.31. The van der Waals surface area contributed by atoms with Gasteiger partial charge < -0.3 is 29.5 Å². The number of hydrogen-bond acceptors (Lipinski definition) is 6. The average Bonchev–Trinajstić information content (AvgIpc) is 2.80. The number of rotatable bonds is 8. The summed E-state index contributed by atoms with van der Waals surface area (Å²) in [6.45, 7) is 17.1. The van der Waals surface area contributed by atoms with Crippen LogP contribution in [0.3, 0.4) is 0 Å². The predicted molar refractivity (Wildman–Crippen MR) is 149 cm³/mol. The van der Waals surface area contributed by atoms with E-state index in [2.05, 4.69) is 37.6 Å². The molecule has 1 aromatic heterocycles. The van der Waals surface area contributed by atoms with Gasteiger partial charge in [0.05, 0.1) is 18.2 Å². The first kappa shape index (κ1) is 29.2. The van der Waals surface area contributed by atoms with Crippen molar-refractivity contribution in [3.63, 3.8) is 0 Å². The molecule has 1 saturated heterocycles. The van der Waals surface area contributed by atoms with E-state index in [1.807, 2.05) is 26.8 Å². The van der Waals surface area contributed by atoms with Crippen LogP contribution in [-0.2, 0) is 9.16 Å². The maximum atomic E-state index is 13.4. The lowest BCUT2D eigenvalue weighted by atomic mass is 9.94. The highest BCUT2D eigenvalue weighted by Gasteiger charge is 2.32. The Bertz CT molecular complexity index is 1120. The normalized spacial score (nSPS) is 16.2. The lowest BCUT2D eigenvalue weighted by Gasteiger charge is -2.35. The minimum atomic E-state index is -1.30. The Morgan fingerprint density at radius 1 is 1.14 bits per heavy atom. The molecule has 0 unspecified atom stereocenters. The molecule has 1 radical (unpaired) electrons. The van der Waals surface area contributed by atoms with E-state index in [4.69, 9.17) is 9.16 Å². The lowest BCUT2D eigenvalue weighted by Crippen LogP contribution is -2.42. The van der Waals surface area contributed by atoms with Crippen LogP contribution in [0.4, 0.5) is 4.79 Å². The van der Waals surface area contributed by atoms with Crippen LogP contribution in [0.25, 0.3) is 10.9 Å². The van der Waals surface area contributed by atoms with Gasteiger partial charge in [-0.25, -0.2) is 4.79 Å². The summed E-state index contributed by atoms with van der Waals surface area (Å²) in [5.74, 6) is 0.563. The Balaban J connectivity index is 1.98. The topological polar surface area (TPSA) is 104 Å². The van der Waals surface area contributed by atoms with Crippen LogP contribution in [0.15, 0.2) is 29.1 Å². The number of piperidine rings is 1. The number of phenolic OH excluding ortho intramolecular Hbond substituents is 1. The summed E-state index contributed by atoms with van der Waals surface area (Å²) < 4.78 is 12.6. The number of benzene rings is 1. The second-order valence-corrected chi connectivity index (χ2v) is 15.0. The SMILES string of the molecule is C[Si](O[C@@H](CN(CCC1CCNCC1)C(=O)OC(C)(C)C)c1ccc(O)c2[nH]c(=O)ccc12)C(C)(C)C. The van der Waals surface area contributed by atoms with Gasteiger partial charge in [0, 0.05) is 18.0 Å². The van der Waals surface area contributed by atoms with Crippen LogP contribution in [0.2, 0.25) is 11.6 Å². The number of nitrogens with one attached hydrogen (secondary N) is 2. The summed E-state index contributed by atoms with van der Waals surface area (Å²) in [5.41, 5.74) is 0.298. The molecule has 1 fully saturated rings. The van der Waals surface area contributed by atoms with Crippen molar-refractivity contribution >= 4 is 26.0 Å². The average molecular weight is 531 g/mol. The quantitative estimate of drug-likeness (QED) is 0.398. The molecule has 1 aliphatic rings. The van der Waals surface area contributed by atoms with Crippen molar-refractivity contribution in [2.45, 2.75) is 84.1 Å². The minimum absolute atomic E-state index is 0.00274. The van der Waals surface area contributed by atoms with E-state index in [-0.39, 0.29) is 22.4 Å². The number of aromatic amines is 1. The van der Waals surface area contributed by atoms with E-state index in [0.29, 0.717) is 29.9 Å². The Labute approximate surface area is 222 Å². The lowest BCUT2D eigenvalue weighted by molar-refractivity contribution is 0.0149. The van der Waals surface area contributed by atoms with Crippen LogP contribution in [0.5, 0.6) is 5.75 Å². The van der Waals surface area contributed by atoms with Gasteiger partial charge in [0.2, 0.25) is 14.6 Å². The Kier molecular flexibility index (Phi) is 9.47. The van der Waals surface area contributed by atoms with Crippen LogP contribution >= 0.6 is 0 Å². The predicted octanol–water partition coefficient (Wildman–Crippen LogP) is 5.34. The first-order valence-corrected chi connectivity index (χ1v) is 15.2. The first-order chi connectivity index (χ1) is 17.2. The van der Waals surface area contributed by atoms with Crippen molar-refractivity contribution in [2.24, 2.45) is 5.92 Å².